The number of hydrogen-bond donors (Lipinski definition) is 1. The molecule has 0 radical (unpaired) electrons. The van der Waals surface area contributed by atoms with E-state index in [2.05, 4.69) is 84.0 Å². The van der Waals surface area contributed by atoms with Crippen molar-refractivity contribution in [2.45, 2.75) is 10.0 Å². The summed E-state index contributed by atoms with van der Waals surface area (Å²) in [6.45, 7) is 0. The van der Waals surface area contributed by atoms with Crippen LogP contribution in [0.1, 0.15) is 6.42 Å². The van der Waals surface area contributed by atoms with Crippen LogP contribution in [0.4, 0.5) is 0 Å². The molecule has 1 N–H and O–H groups in total. The standard InChI is InChI=1S/C3H4Br6Ge2O2/c4-10(5,6)2(1-3(12)13)11(7,8)9/h2H,1H2,(H,12,13). The minimum absolute atomic E-state index is 0.0810. The molecule has 0 spiro atoms. The van der Waals surface area contributed by atoms with Gasteiger partial charge in [-0.1, -0.05) is 0 Å². The second-order valence-electron chi connectivity index (χ2n) is 2.23. The van der Waals surface area contributed by atoms with Gasteiger partial charge in [-0.3, -0.25) is 0 Å². The van der Waals surface area contributed by atoms with E-state index in [1.165, 1.54) is 0 Å². The molecule has 13 heavy (non-hydrogen) atoms. The van der Waals surface area contributed by atoms with Gasteiger partial charge in [0.15, 0.2) is 0 Å². The van der Waals surface area contributed by atoms with Crippen molar-refractivity contribution >= 4 is 105 Å². The fourth-order valence-corrected chi connectivity index (χ4v) is 142. The van der Waals surface area contributed by atoms with Crippen LogP contribution in [0.5, 0.6) is 0 Å². The summed E-state index contributed by atoms with van der Waals surface area (Å²) in [6, 6.07) is 0. The van der Waals surface area contributed by atoms with E-state index in [9.17, 15) is 4.79 Å². The third-order valence-electron chi connectivity index (χ3n) is 1.17. The quantitative estimate of drug-likeness (QED) is 0.437. The van der Waals surface area contributed by atoms with Gasteiger partial charge < -0.3 is 0 Å². The van der Waals surface area contributed by atoms with E-state index in [1.54, 1.807) is 0 Å². The molecule has 10 heteroatoms. The maximum atomic E-state index is 10.6. The Hall–Kier alpha value is 3.44. The molecule has 0 aliphatic carbocycles. The number of carboxylic acid groups (broad SMARTS) is 1. The van der Waals surface area contributed by atoms with Crippen molar-refractivity contribution in [2.24, 2.45) is 0 Å². The van der Waals surface area contributed by atoms with Gasteiger partial charge in [0.2, 0.25) is 0 Å². The summed E-state index contributed by atoms with van der Waals surface area (Å²) >= 11 is 21.1. The molecular weight excluding hydrogens is 693 g/mol. The minimum atomic E-state index is -2.48. The number of hydrogen-bond acceptors (Lipinski definition) is 1. The Bertz CT molecular complexity index is 183. The summed E-state index contributed by atoms with van der Waals surface area (Å²) in [4.78, 5) is 10.6. The topological polar surface area (TPSA) is 37.3 Å². The zero-order valence-corrected chi connectivity index (χ0v) is 19.6. The van der Waals surface area contributed by atoms with Gasteiger partial charge in [0.1, 0.15) is 0 Å². The first-order chi connectivity index (χ1) is 5.55. The van der Waals surface area contributed by atoms with Gasteiger partial charge in [0, 0.05) is 0 Å². The van der Waals surface area contributed by atoms with Gasteiger partial charge in [0.05, 0.1) is 0 Å². The molecule has 0 aromatic rings. The molecule has 0 rings (SSSR count). The van der Waals surface area contributed by atoms with Crippen LogP contribution in [0.15, 0.2) is 0 Å². The Labute approximate surface area is 123 Å². The number of halogens is 6. The zero-order valence-electron chi connectivity index (χ0n) is 5.91. The number of aliphatic carboxylic acids is 1. The average molecular weight is 697 g/mol. The first-order valence-electron chi connectivity index (χ1n) is 2.90. The summed E-state index contributed by atoms with van der Waals surface area (Å²) in [6.07, 6.45) is 0.142. The molecule has 0 atom stereocenters. The molecular formula is C3H4Br6Ge2O2. The Kier molecular flexibility index (Phi) is 8.08. The van der Waals surface area contributed by atoms with E-state index < -0.39 is 21.5 Å². The normalized spacial score (nSPS) is 13.5. The molecule has 0 saturated heterocycles. The summed E-state index contributed by atoms with van der Waals surface area (Å²) in [5.74, 6) is -0.785. The van der Waals surface area contributed by atoms with Gasteiger partial charge in [0.25, 0.3) is 0 Å². The van der Waals surface area contributed by atoms with Crippen LogP contribution in [0.2, 0.25) is 3.58 Å². The molecule has 0 aliphatic rings. The van der Waals surface area contributed by atoms with Crippen LogP contribution in [0.3, 0.4) is 0 Å². The van der Waals surface area contributed by atoms with E-state index in [1.807, 2.05) is 0 Å². The van der Waals surface area contributed by atoms with Gasteiger partial charge in [-0.05, 0) is 0 Å². The van der Waals surface area contributed by atoms with Crippen molar-refractivity contribution in [2.75, 3.05) is 0 Å². The van der Waals surface area contributed by atoms with E-state index in [4.69, 9.17) is 5.11 Å². The van der Waals surface area contributed by atoms with Crippen molar-refractivity contribution in [1.82, 2.24) is 0 Å². The maximum absolute atomic E-state index is 10.6. The molecule has 0 aromatic carbocycles. The predicted octanol–water partition coefficient (Wildman–Crippen LogP) is 4.62. The van der Waals surface area contributed by atoms with Crippen molar-refractivity contribution < 1.29 is 9.90 Å². The van der Waals surface area contributed by atoms with Crippen molar-refractivity contribution in [1.29, 1.82) is 0 Å². The van der Waals surface area contributed by atoms with E-state index in [-0.39, 0.29) is 10.0 Å². The number of carbonyl (C=O) groups is 1. The third kappa shape index (κ3) is 7.38. The summed E-state index contributed by atoms with van der Waals surface area (Å²) in [5, 5.41) is 8.75. The predicted molar refractivity (Wildman–Crippen MR) is 81.1 cm³/mol. The van der Waals surface area contributed by atoms with Crippen LogP contribution in [0.25, 0.3) is 0 Å². The number of rotatable bonds is 4. The molecule has 0 saturated carbocycles. The Morgan fingerprint density at radius 2 is 1.38 bits per heavy atom. The first-order valence-corrected chi connectivity index (χ1v) is 34.8. The molecule has 78 valence electrons. The molecule has 0 heterocycles. The Balaban J connectivity index is 4.68. The van der Waals surface area contributed by atoms with E-state index >= 15 is 0 Å². The summed E-state index contributed by atoms with van der Waals surface area (Å²) < 4.78 is 0.0810. The van der Waals surface area contributed by atoms with Crippen molar-refractivity contribution in [3.05, 3.63) is 0 Å². The molecule has 2 nitrogen and oxygen atoms in total. The fraction of sp³-hybridized carbons (Fsp3) is 0.667. The molecule has 0 aromatic heterocycles. The zero-order chi connectivity index (χ0) is 10.9. The van der Waals surface area contributed by atoms with Crippen LogP contribution in [-0.4, -0.2) is 26.6 Å². The van der Waals surface area contributed by atoms with E-state index in [0.717, 1.165) is 0 Å². The van der Waals surface area contributed by atoms with Crippen LogP contribution >= 0.6 is 84.0 Å². The van der Waals surface area contributed by atoms with Gasteiger partial charge in [-0.15, -0.1) is 0 Å². The number of carboxylic acids is 1. The fourth-order valence-electron chi connectivity index (χ4n) is 0.592. The summed E-state index contributed by atoms with van der Waals surface area (Å²) in [5.41, 5.74) is 0. The first kappa shape index (κ1) is 16.4. The van der Waals surface area contributed by atoms with Gasteiger partial charge in [-0.25, -0.2) is 0 Å². The molecule has 0 amide bonds. The van der Waals surface area contributed by atoms with Crippen LogP contribution in [-0.2, 0) is 4.79 Å². The van der Waals surface area contributed by atoms with Crippen molar-refractivity contribution in [3.63, 3.8) is 0 Å². The Morgan fingerprint density at radius 3 is 1.46 bits per heavy atom. The molecule has 0 bridgehead atoms. The Morgan fingerprint density at radius 1 is 1.08 bits per heavy atom. The second-order valence-corrected chi connectivity index (χ2v) is 84.4. The summed E-state index contributed by atoms with van der Waals surface area (Å²) in [7, 11) is -4.96. The monoisotopic (exact) mass is 693 g/mol. The molecule has 0 unspecified atom stereocenters. The van der Waals surface area contributed by atoms with Crippen molar-refractivity contribution in [3.8, 4) is 0 Å². The SMILES string of the molecule is O=C(O)C[CH]([Ge]([Br])([Br])[Br])[Ge]([Br])([Br])[Br]. The third-order valence-corrected chi connectivity index (χ3v) is 59.7. The van der Waals surface area contributed by atoms with Gasteiger partial charge >= 0.3 is 125 Å². The van der Waals surface area contributed by atoms with Gasteiger partial charge in [-0.2, -0.15) is 0 Å². The van der Waals surface area contributed by atoms with Crippen LogP contribution < -0.4 is 0 Å². The van der Waals surface area contributed by atoms with E-state index in [0.29, 0.717) is 0 Å². The molecule has 0 aliphatic heterocycles. The van der Waals surface area contributed by atoms with Crippen LogP contribution in [0, 0.1) is 0 Å². The molecule has 0 fully saturated rings. The second kappa shape index (κ2) is 6.39. The average Bonchev–Trinajstić information content (AvgIpc) is 1.77.